The fraction of sp³-hybridized carbons (Fsp3) is 0.524. The fourth-order valence-electron chi connectivity index (χ4n) is 6.87. The Hall–Kier alpha value is -4.06. The molecule has 18 heteroatoms. The molecule has 7 atom stereocenters. The summed E-state index contributed by atoms with van der Waals surface area (Å²) in [6.07, 6.45) is -3.35. The number of fused-ring (bicyclic) bond motifs is 1. The second-order valence-corrected chi connectivity index (χ2v) is 19.1. The molecule has 0 aromatic heterocycles. The van der Waals surface area contributed by atoms with Gasteiger partial charge in [-0.15, -0.1) is 0 Å². The van der Waals surface area contributed by atoms with E-state index in [4.69, 9.17) is 32.7 Å². The monoisotopic (exact) mass is 875 g/mol. The molecule has 4 unspecified atom stereocenters. The number of methoxy groups -OCH3 is 1. The molecule has 0 spiro atoms. The number of sulfonamides is 1. The van der Waals surface area contributed by atoms with Crippen molar-refractivity contribution in [2.45, 2.75) is 82.6 Å². The zero-order valence-corrected chi connectivity index (χ0v) is 36.5. The summed E-state index contributed by atoms with van der Waals surface area (Å²) in [7, 11) is -6.36. The summed E-state index contributed by atoms with van der Waals surface area (Å²) in [6.45, 7) is 8.19. The molecule has 3 N–H and O–H groups in total. The SMILES string of the molecule is CCOC(=O)C(C)OP(=O)(CCNCc1ccc(C[C@H](NC(=O)O[C@H]2COC3OCCC32)[C@H](O)CN(CC(C)C)S(=O)(=O)c2ccc(OC)cc2)cc1)Oc1ccccc1. The number of benzene rings is 3. The predicted octanol–water partition coefficient (Wildman–Crippen LogP) is 5.13. The molecule has 330 valence electrons. The van der Waals surface area contributed by atoms with Crippen molar-refractivity contribution >= 4 is 29.7 Å². The second-order valence-electron chi connectivity index (χ2n) is 15.1. The number of rotatable bonds is 23. The number of esters is 1. The van der Waals surface area contributed by atoms with Crippen LogP contribution in [0.25, 0.3) is 0 Å². The minimum atomic E-state index is -4.05. The molecule has 0 bridgehead atoms. The Morgan fingerprint density at radius 3 is 2.32 bits per heavy atom. The van der Waals surface area contributed by atoms with Gasteiger partial charge in [0.15, 0.2) is 12.4 Å². The molecule has 2 aliphatic heterocycles. The lowest BCUT2D eigenvalue weighted by Gasteiger charge is -2.31. The topological polar surface area (TPSA) is 197 Å². The minimum absolute atomic E-state index is 0.0333. The molecular formula is C42H58N3O13PS. The first kappa shape index (κ1) is 47.0. The average Bonchev–Trinajstić information content (AvgIpc) is 3.85. The van der Waals surface area contributed by atoms with E-state index in [0.717, 1.165) is 11.1 Å². The van der Waals surface area contributed by atoms with Crippen LogP contribution in [0, 0.1) is 11.8 Å². The molecule has 2 aliphatic rings. The van der Waals surface area contributed by atoms with Gasteiger partial charge in [0.25, 0.3) is 0 Å². The lowest BCUT2D eigenvalue weighted by atomic mass is 10.00. The van der Waals surface area contributed by atoms with Crippen LogP contribution in [0.1, 0.15) is 45.2 Å². The van der Waals surface area contributed by atoms with Crippen LogP contribution in [0.2, 0.25) is 0 Å². The van der Waals surface area contributed by atoms with Crippen LogP contribution in [0.3, 0.4) is 0 Å². The first-order valence-corrected chi connectivity index (χ1v) is 23.4. The summed E-state index contributed by atoms with van der Waals surface area (Å²) in [4.78, 5) is 25.7. The van der Waals surface area contributed by atoms with E-state index in [0.29, 0.717) is 31.1 Å². The number of hydrogen-bond acceptors (Lipinski definition) is 14. The number of carbonyl (C=O) groups excluding carboxylic acids is 2. The van der Waals surface area contributed by atoms with Gasteiger partial charge in [0.2, 0.25) is 10.0 Å². The highest BCUT2D eigenvalue weighted by Gasteiger charge is 2.44. The number of aliphatic hydroxyl groups is 1. The van der Waals surface area contributed by atoms with Crippen molar-refractivity contribution in [1.82, 2.24) is 14.9 Å². The standard InChI is InChI=1S/C42H58N3O13PS/c1-6-53-40(47)30(4)57-59(49,58-34-10-8-7-9-11-34)23-21-43-25-32-14-12-31(13-15-32)24-37(44-42(48)56-39-28-55-41-36(39)20-22-54-41)38(46)27-45(26-29(2)3)60(50,51)35-18-16-33(52-5)17-19-35/h7-19,29-30,36-39,41,43,46H,6,20-28H2,1-5H3,(H,44,48)/t30?,36?,37-,38+,39-,41?,59?/m0/s1. The number of hydrogen-bond donors (Lipinski definition) is 3. The van der Waals surface area contributed by atoms with Crippen molar-refractivity contribution in [2.75, 3.05) is 52.7 Å². The van der Waals surface area contributed by atoms with E-state index in [1.54, 1.807) is 49.4 Å². The van der Waals surface area contributed by atoms with Crippen LogP contribution in [0.4, 0.5) is 4.79 Å². The number of ether oxygens (including phenoxy) is 5. The van der Waals surface area contributed by atoms with E-state index in [-0.39, 0.29) is 62.2 Å². The van der Waals surface area contributed by atoms with E-state index in [1.807, 2.05) is 38.1 Å². The van der Waals surface area contributed by atoms with Gasteiger partial charge in [-0.1, -0.05) is 56.3 Å². The molecule has 16 nitrogen and oxygen atoms in total. The zero-order valence-electron chi connectivity index (χ0n) is 34.8. The van der Waals surface area contributed by atoms with E-state index in [2.05, 4.69) is 10.6 Å². The lowest BCUT2D eigenvalue weighted by molar-refractivity contribution is -0.150. The third-order valence-electron chi connectivity index (χ3n) is 9.96. The molecule has 0 radical (unpaired) electrons. The molecule has 2 fully saturated rings. The third kappa shape index (κ3) is 13.5. The Morgan fingerprint density at radius 2 is 1.65 bits per heavy atom. The van der Waals surface area contributed by atoms with Crippen LogP contribution >= 0.6 is 7.60 Å². The van der Waals surface area contributed by atoms with E-state index in [9.17, 15) is 27.7 Å². The Balaban J connectivity index is 1.25. The van der Waals surface area contributed by atoms with Crippen molar-refractivity contribution in [3.05, 3.63) is 90.0 Å². The molecule has 5 rings (SSSR count). The first-order valence-electron chi connectivity index (χ1n) is 20.2. The molecule has 2 heterocycles. The molecule has 60 heavy (non-hydrogen) atoms. The number of nitrogens with one attached hydrogen (secondary N) is 2. The summed E-state index contributed by atoms with van der Waals surface area (Å²) in [5.74, 6) is 0.0332. The van der Waals surface area contributed by atoms with Crippen LogP contribution in [0.15, 0.2) is 83.8 Å². The van der Waals surface area contributed by atoms with Crippen LogP contribution < -0.4 is 19.9 Å². The maximum atomic E-state index is 13.9. The first-order chi connectivity index (χ1) is 28.7. The van der Waals surface area contributed by atoms with Crippen molar-refractivity contribution in [2.24, 2.45) is 11.8 Å². The van der Waals surface area contributed by atoms with Crippen LogP contribution in [0.5, 0.6) is 11.5 Å². The van der Waals surface area contributed by atoms with Gasteiger partial charge in [0.1, 0.15) is 17.6 Å². The third-order valence-corrected chi connectivity index (χ3v) is 13.7. The van der Waals surface area contributed by atoms with Crippen molar-refractivity contribution < 1.29 is 60.4 Å². The van der Waals surface area contributed by atoms with Gasteiger partial charge < -0.3 is 43.9 Å². The second kappa shape index (κ2) is 22.2. The van der Waals surface area contributed by atoms with E-state index < -0.39 is 60.3 Å². The minimum Gasteiger partial charge on any atom is -0.497 e. The van der Waals surface area contributed by atoms with Crippen LogP contribution in [-0.4, -0.2) is 113 Å². The number of alkyl carbamates (subject to hydrolysis) is 1. The molecule has 1 amide bonds. The van der Waals surface area contributed by atoms with E-state index in [1.165, 1.54) is 30.5 Å². The normalized spacial score (nSPS) is 20.2. The summed E-state index contributed by atoms with van der Waals surface area (Å²) in [5.41, 5.74) is 1.64. The summed E-state index contributed by atoms with van der Waals surface area (Å²) >= 11 is 0. The number of aliphatic hydroxyl groups excluding tert-OH is 1. The Kier molecular flexibility index (Phi) is 17.4. The molecule has 0 aliphatic carbocycles. The smallest absolute Gasteiger partial charge is 0.407 e. The summed E-state index contributed by atoms with van der Waals surface area (Å²) < 4.78 is 81.5. The highest BCUT2D eigenvalue weighted by Crippen LogP contribution is 2.49. The molecular weight excluding hydrogens is 818 g/mol. The Bertz CT molecular complexity index is 1970. The van der Waals surface area contributed by atoms with Crippen molar-refractivity contribution in [3.8, 4) is 11.5 Å². The quantitative estimate of drug-likeness (QED) is 0.0644. The lowest BCUT2D eigenvalue weighted by Crippen LogP contribution is -2.51. The van der Waals surface area contributed by atoms with Gasteiger partial charge >= 0.3 is 19.7 Å². The number of nitrogens with zero attached hydrogens (tertiary/aromatic N) is 1. The van der Waals surface area contributed by atoms with Gasteiger partial charge in [-0.2, -0.15) is 4.31 Å². The summed E-state index contributed by atoms with van der Waals surface area (Å²) in [6, 6.07) is 21.1. The maximum absolute atomic E-state index is 13.9. The Labute approximate surface area is 352 Å². The predicted molar refractivity (Wildman–Crippen MR) is 222 cm³/mol. The molecule has 3 aromatic carbocycles. The average molecular weight is 876 g/mol. The zero-order chi connectivity index (χ0) is 43.3. The Morgan fingerprint density at radius 1 is 0.950 bits per heavy atom. The van der Waals surface area contributed by atoms with Gasteiger partial charge in [-0.3, -0.25) is 4.52 Å². The largest absolute Gasteiger partial charge is 0.497 e. The maximum Gasteiger partial charge on any atom is 0.407 e. The highest BCUT2D eigenvalue weighted by atomic mass is 32.2. The summed E-state index contributed by atoms with van der Waals surface area (Å²) in [5, 5.41) is 17.8. The van der Waals surface area contributed by atoms with Gasteiger partial charge in [-0.05, 0) is 80.1 Å². The number of amides is 1. The van der Waals surface area contributed by atoms with Crippen LogP contribution in [-0.2, 0) is 55.8 Å². The van der Waals surface area contributed by atoms with Crippen molar-refractivity contribution in [1.29, 1.82) is 0 Å². The van der Waals surface area contributed by atoms with Gasteiger partial charge in [0.05, 0.1) is 56.1 Å². The number of para-hydroxylation sites is 1. The number of carbonyl (C=O) groups is 2. The molecule has 2 saturated heterocycles. The van der Waals surface area contributed by atoms with Gasteiger partial charge in [-0.25, -0.2) is 22.6 Å². The van der Waals surface area contributed by atoms with E-state index >= 15 is 0 Å². The van der Waals surface area contributed by atoms with Crippen molar-refractivity contribution in [3.63, 3.8) is 0 Å². The molecule has 0 saturated carbocycles. The van der Waals surface area contributed by atoms with Gasteiger partial charge in [0, 0.05) is 26.2 Å². The highest BCUT2D eigenvalue weighted by molar-refractivity contribution is 7.89. The molecule has 3 aromatic rings. The fourth-order valence-corrected chi connectivity index (χ4v) is 10.2.